The van der Waals surface area contributed by atoms with Crippen molar-refractivity contribution in [2.75, 3.05) is 4.90 Å². The lowest BCUT2D eigenvalue weighted by molar-refractivity contribution is 1.28. The van der Waals surface area contributed by atoms with Crippen LogP contribution in [-0.4, -0.2) is 0 Å². The molecule has 0 spiro atoms. The number of hydrogen-bond acceptors (Lipinski definition) is 1. The summed E-state index contributed by atoms with van der Waals surface area (Å²) in [5.41, 5.74) is 8.30. The molecule has 1 heteroatoms. The number of anilines is 3. The van der Waals surface area contributed by atoms with E-state index in [1.165, 1.54) is 22.3 Å². The van der Waals surface area contributed by atoms with Crippen LogP contribution in [0.1, 0.15) is 0 Å². The Balaban J connectivity index is 1.72. The van der Waals surface area contributed by atoms with Gasteiger partial charge >= 0.3 is 0 Å². The Morgan fingerprint density at radius 1 is 0.323 bits per heavy atom. The molecule has 5 aromatic carbocycles. The third-order valence-electron chi connectivity index (χ3n) is 5.46. The smallest absolute Gasteiger partial charge is 0.0468 e. The molecule has 0 N–H and O–H groups in total. The largest absolute Gasteiger partial charge is 0.310 e. The molecule has 1 nitrogen and oxygen atoms in total. The van der Waals surface area contributed by atoms with Crippen LogP contribution in [0.4, 0.5) is 17.1 Å². The van der Waals surface area contributed by atoms with E-state index in [-0.39, 0.29) is 0 Å². The second-order valence-corrected chi connectivity index (χ2v) is 7.47. The highest BCUT2D eigenvalue weighted by Crippen LogP contribution is 2.40. The minimum absolute atomic E-state index is 1.14. The van der Waals surface area contributed by atoms with Crippen molar-refractivity contribution in [3.8, 4) is 22.3 Å². The van der Waals surface area contributed by atoms with Crippen molar-refractivity contribution in [3.63, 3.8) is 0 Å². The summed E-state index contributed by atoms with van der Waals surface area (Å²) in [6, 6.07) is 49.1. The summed E-state index contributed by atoms with van der Waals surface area (Å²) in [6.07, 6.45) is 0. The summed E-state index contributed by atoms with van der Waals surface area (Å²) in [5, 5.41) is 0. The van der Waals surface area contributed by atoms with E-state index >= 15 is 0 Å². The molecule has 5 rings (SSSR count). The van der Waals surface area contributed by atoms with Crippen LogP contribution in [0.5, 0.6) is 0 Å². The van der Waals surface area contributed by atoms with E-state index in [0.29, 0.717) is 0 Å². The maximum absolute atomic E-state index is 2.31. The molecule has 0 aromatic heterocycles. The van der Waals surface area contributed by atoms with Gasteiger partial charge in [0.05, 0.1) is 0 Å². The summed E-state index contributed by atoms with van der Waals surface area (Å²) < 4.78 is 0. The fraction of sp³-hybridized carbons (Fsp3) is 0. The molecule has 0 heterocycles. The lowest BCUT2D eigenvalue weighted by Crippen LogP contribution is -2.09. The zero-order chi connectivity index (χ0) is 20.9. The number of benzene rings is 5. The van der Waals surface area contributed by atoms with Gasteiger partial charge in [0.1, 0.15) is 0 Å². The Kier molecular flexibility index (Phi) is 5.32. The van der Waals surface area contributed by atoms with E-state index in [4.69, 9.17) is 0 Å². The Hall–Kier alpha value is -4.10. The van der Waals surface area contributed by atoms with E-state index in [2.05, 4.69) is 144 Å². The zero-order valence-corrected chi connectivity index (χ0v) is 17.2. The fourth-order valence-corrected chi connectivity index (χ4v) is 4.00. The van der Waals surface area contributed by atoms with Gasteiger partial charge in [-0.25, -0.2) is 0 Å². The van der Waals surface area contributed by atoms with E-state index in [1.807, 2.05) is 0 Å². The molecule has 0 bridgehead atoms. The van der Waals surface area contributed by atoms with Gasteiger partial charge in [0.15, 0.2) is 0 Å². The molecular formula is C30H23N. The van der Waals surface area contributed by atoms with Crippen molar-refractivity contribution in [3.05, 3.63) is 140 Å². The molecule has 5 aromatic rings. The van der Waals surface area contributed by atoms with E-state index < -0.39 is 0 Å². The molecule has 0 saturated heterocycles. The summed E-state index contributed by atoms with van der Waals surface area (Å²) in [4.78, 5) is 2.31. The van der Waals surface area contributed by atoms with Crippen LogP contribution in [0, 0.1) is 0 Å². The first-order valence-electron chi connectivity index (χ1n) is 10.6. The van der Waals surface area contributed by atoms with Crippen molar-refractivity contribution >= 4 is 17.1 Å². The van der Waals surface area contributed by atoms with Gasteiger partial charge in [0, 0.05) is 17.1 Å². The highest BCUT2D eigenvalue weighted by atomic mass is 15.1. The highest BCUT2D eigenvalue weighted by Gasteiger charge is 2.15. The van der Waals surface area contributed by atoms with Gasteiger partial charge in [0.2, 0.25) is 0 Å². The number of nitrogens with zero attached hydrogens (tertiary/aromatic N) is 1. The third-order valence-corrected chi connectivity index (χ3v) is 5.46. The highest BCUT2D eigenvalue weighted by molar-refractivity contribution is 5.88. The van der Waals surface area contributed by atoms with Gasteiger partial charge in [-0.15, -0.1) is 0 Å². The summed E-state index contributed by atoms with van der Waals surface area (Å²) in [7, 11) is 0. The number of hydrogen-bond donors (Lipinski definition) is 0. The standard InChI is InChI=1S/C30H23N/c1-5-13-24(14-6-1)29-22-21-28(23-30(29)25-15-7-2-8-16-25)31(26-17-9-3-10-18-26)27-19-11-4-12-20-27/h1-23H. The van der Waals surface area contributed by atoms with Crippen molar-refractivity contribution in [2.45, 2.75) is 0 Å². The normalized spacial score (nSPS) is 10.6. The van der Waals surface area contributed by atoms with E-state index in [0.717, 1.165) is 17.1 Å². The van der Waals surface area contributed by atoms with Crippen molar-refractivity contribution in [2.24, 2.45) is 0 Å². The second-order valence-electron chi connectivity index (χ2n) is 7.47. The van der Waals surface area contributed by atoms with Gasteiger partial charge in [-0.1, -0.05) is 103 Å². The summed E-state index contributed by atoms with van der Waals surface area (Å²) in [5.74, 6) is 0. The van der Waals surface area contributed by atoms with Crippen LogP contribution >= 0.6 is 0 Å². The van der Waals surface area contributed by atoms with Crippen molar-refractivity contribution in [1.82, 2.24) is 0 Å². The van der Waals surface area contributed by atoms with Crippen molar-refractivity contribution < 1.29 is 0 Å². The van der Waals surface area contributed by atoms with E-state index in [9.17, 15) is 0 Å². The van der Waals surface area contributed by atoms with Gasteiger partial charge in [0.25, 0.3) is 0 Å². The molecule has 0 atom stereocenters. The molecule has 0 aliphatic heterocycles. The first-order chi connectivity index (χ1) is 15.4. The number of para-hydroxylation sites is 2. The van der Waals surface area contributed by atoms with E-state index in [1.54, 1.807) is 0 Å². The van der Waals surface area contributed by atoms with Crippen LogP contribution in [0.15, 0.2) is 140 Å². The molecule has 0 saturated carbocycles. The van der Waals surface area contributed by atoms with Gasteiger partial charge in [-0.2, -0.15) is 0 Å². The minimum Gasteiger partial charge on any atom is -0.310 e. The monoisotopic (exact) mass is 397 g/mol. The Morgan fingerprint density at radius 3 is 1.23 bits per heavy atom. The molecular weight excluding hydrogens is 374 g/mol. The Labute approximate surface area is 183 Å². The topological polar surface area (TPSA) is 3.24 Å². The molecule has 0 aliphatic carbocycles. The van der Waals surface area contributed by atoms with Gasteiger partial charge in [-0.05, 0) is 58.7 Å². The Morgan fingerprint density at radius 2 is 0.742 bits per heavy atom. The lowest BCUT2D eigenvalue weighted by atomic mass is 9.93. The molecule has 0 aliphatic rings. The molecule has 0 fully saturated rings. The predicted octanol–water partition coefficient (Wildman–Crippen LogP) is 8.49. The minimum atomic E-state index is 1.14. The molecule has 31 heavy (non-hydrogen) atoms. The average molecular weight is 398 g/mol. The van der Waals surface area contributed by atoms with Crippen LogP contribution in [0.2, 0.25) is 0 Å². The van der Waals surface area contributed by atoms with Crippen molar-refractivity contribution in [1.29, 1.82) is 0 Å². The lowest BCUT2D eigenvalue weighted by Gasteiger charge is -2.26. The van der Waals surface area contributed by atoms with Crippen LogP contribution < -0.4 is 4.90 Å². The second kappa shape index (κ2) is 8.73. The maximum Gasteiger partial charge on any atom is 0.0468 e. The summed E-state index contributed by atoms with van der Waals surface area (Å²) in [6.45, 7) is 0. The first-order valence-corrected chi connectivity index (χ1v) is 10.6. The van der Waals surface area contributed by atoms with Crippen LogP contribution in [0.25, 0.3) is 22.3 Å². The molecule has 0 amide bonds. The SMILES string of the molecule is c1ccc(-c2ccc(N(c3ccccc3)c3ccccc3)cc2-c2ccccc2)cc1. The predicted molar refractivity (Wildman–Crippen MR) is 132 cm³/mol. The third kappa shape index (κ3) is 3.99. The van der Waals surface area contributed by atoms with Gasteiger partial charge < -0.3 is 4.90 Å². The van der Waals surface area contributed by atoms with Crippen LogP contribution in [-0.2, 0) is 0 Å². The quantitative estimate of drug-likeness (QED) is 0.287. The van der Waals surface area contributed by atoms with Crippen LogP contribution in [0.3, 0.4) is 0 Å². The maximum atomic E-state index is 2.31. The molecule has 148 valence electrons. The number of rotatable bonds is 5. The zero-order valence-electron chi connectivity index (χ0n) is 17.2. The first kappa shape index (κ1) is 18.9. The Bertz CT molecular complexity index is 1210. The molecule has 0 radical (unpaired) electrons. The fourth-order valence-electron chi connectivity index (χ4n) is 4.00. The van der Waals surface area contributed by atoms with Gasteiger partial charge in [-0.3, -0.25) is 0 Å². The summed E-state index contributed by atoms with van der Waals surface area (Å²) >= 11 is 0. The average Bonchev–Trinajstić information content (AvgIpc) is 2.87. The molecule has 0 unspecified atom stereocenters.